The number of hydrogen-bond donors (Lipinski definition) is 0. The van der Waals surface area contributed by atoms with Crippen LogP contribution in [-0.4, -0.2) is 18.9 Å². The fourth-order valence-electron chi connectivity index (χ4n) is 1.47. The van der Waals surface area contributed by atoms with E-state index in [0.717, 1.165) is 5.75 Å². The van der Waals surface area contributed by atoms with Crippen molar-refractivity contribution in [2.75, 3.05) is 13.7 Å². The van der Waals surface area contributed by atoms with Crippen molar-refractivity contribution >= 4 is 0 Å². The molecule has 0 unspecified atom stereocenters. The first-order valence-electron chi connectivity index (χ1n) is 5.13. The zero-order valence-electron chi connectivity index (χ0n) is 9.54. The number of methoxy groups -OCH3 is 1. The van der Waals surface area contributed by atoms with Gasteiger partial charge in [-0.05, 0) is 36.1 Å². The van der Waals surface area contributed by atoms with E-state index >= 15 is 0 Å². The molecule has 1 heterocycles. The summed E-state index contributed by atoms with van der Waals surface area (Å²) in [5.41, 5.74) is 0.900. The first kappa shape index (κ1) is 11.3. The van der Waals surface area contributed by atoms with E-state index in [4.69, 9.17) is 9.47 Å². The lowest BCUT2D eigenvalue weighted by atomic mass is 10.1. The van der Waals surface area contributed by atoms with E-state index in [2.05, 4.69) is 9.79 Å². The summed E-state index contributed by atoms with van der Waals surface area (Å²) in [6.45, 7) is 2.50. The van der Waals surface area contributed by atoms with Gasteiger partial charge in [0, 0.05) is 5.56 Å². The highest BCUT2D eigenvalue weighted by atomic mass is 16.8. The van der Waals surface area contributed by atoms with E-state index in [1.807, 2.05) is 6.92 Å². The second-order valence-electron chi connectivity index (χ2n) is 3.25. The molecule has 1 aromatic carbocycles. The Balaban J connectivity index is 2.36. The molecule has 0 fully saturated rings. The highest BCUT2D eigenvalue weighted by molar-refractivity contribution is 5.61. The molecule has 0 aliphatic rings. The Kier molecular flexibility index (Phi) is 3.13. The molecule has 6 nitrogen and oxygen atoms in total. The summed E-state index contributed by atoms with van der Waals surface area (Å²) >= 11 is 0. The minimum atomic E-state index is 0.157. The molecular weight excluding hydrogens is 224 g/mol. The molecule has 6 heteroatoms. The van der Waals surface area contributed by atoms with Gasteiger partial charge in [-0.15, -0.1) is 0 Å². The van der Waals surface area contributed by atoms with Crippen molar-refractivity contribution in [3.63, 3.8) is 0 Å². The molecule has 1 aromatic heterocycles. The van der Waals surface area contributed by atoms with Crippen molar-refractivity contribution < 1.29 is 19.0 Å². The first-order valence-corrected chi connectivity index (χ1v) is 5.13. The van der Waals surface area contributed by atoms with Gasteiger partial charge in [0.05, 0.1) is 18.9 Å². The van der Waals surface area contributed by atoms with Crippen LogP contribution in [0.25, 0.3) is 11.3 Å². The average molecular weight is 236 g/mol. The molecule has 0 saturated heterocycles. The Morgan fingerprint density at radius 3 is 2.65 bits per heavy atom. The Bertz CT molecular complexity index is 493. The van der Waals surface area contributed by atoms with Gasteiger partial charge < -0.3 is 14.7 Å². The minimum absolute atomic E-state index is 0.157. The van der Waals surface area contributed by atoms with Crippen molar-refractivity contribution in [2.24, 2.45) is 0 Å². The maximum absolute atomic E-state index is 11.4. The van der Waals surface area contributed by atoms with Gasteiger partial charge in [0.25, 0.3) is 5.69 Å². The molecule has 17 heavy (non-hydrogen) atoms. The molecule has 0 radical (unpaired) electrons. The van der Waals surface area contributed by atoms with Crippen LogP contribution in [0.2, 0.25) is 0 Å². The van der Waals surface area contributed by atoms with E-state index < -0.39 is 0 Å². The van der Waals surface area contributed by atoms with Crippen LogP contribution in [0, 0.1) is 5.21 Å². The third-order valence-corrected chi connectivity index (χ3v) is 2.22. The van der Waals surface area contributed by atoms with Gasteiger partial charge in [0.15, 0.2) is 0 Å². The third kappa shape index (κ3) is 2.15. The van der Waals surface area contributed by atoms with E-state index in [1.54, 1.807) is 24.3 Å². The van der Waals surface area contributed by atoms with Crippen molar-refractivity contribution in [1.29, 1.82) is 0 Å². The summed E-state index contributed by atoms with van der Waals surface area (Å²) in [4.78, 5) is 0.314. The van der Waals surface area contributed by atoms with Crippen molar-refractivity contribution in [2.45, 2.75) is 6.92 Å². The minimum Gasteiger partial charge on any atom is -0.494 e. The van der Waals surface area contributed by atoms with E-state index in [0.29, 0.717) is 17.1 Å². The lowest BCUT2D eigenvalue weighted by Gasteiger charge is -2.03. The van der Waals surface area contributed by atoms with Crippen molar-refractivity contribution in [1.82, 2.24) is 5.16 Å². The van der Waals surface area contributed by atoms with E-state index in [-0.39, 0.29) is 11.6 Å². The number of aromatic nitrogens is 2. The predicted molar refractivity (Wildman–Crippen MR) is 58.6 cm³/mol. The normalized spacial score (nSPS) is 10.2. The van der Waals surface area contributed by atoms with Gasteiger partial charge in [-0.2, -0.15) is 0 Å². The second kappa shape index (κ2) is 4.73. The number of nitrogens with zero attached hydrogens (tertiary/aromatic N) is 2. The standard InChI is InChI=1S/C11H12N2O4/c1-3-16-9-6-4-8(5-7-9)10-11(15-2)12-17-13(10)14/h4-7H,3H2,1-2H3. The second-order valence-corrected chi connectivity index (χ2v) is 3.25. The van der Waals surface area contributed by atoms with Crippen molar-refractivity contribution in [3.8, 4) is 22.9 Å². The summed E-state index contributed by atoms with van der Waals surface area (Å²) in [6.07, 6.45) is 0. The van der Waals surface area contributed by atoms with Gasteiger partial charge in [0.1, 0.15) is 5.75 Å². The Hall–Kier alpha value is -2.24. The Labute approximate surface area is 97.9 Å². The average Bonchev–Trinajstić information content (AvgIpc) is 2.72. The summed E-state index contributed by atoms with van der Waals surface area (Å²) < 4.78 is 14.7. The highest BCUT2D eigenvalue weighted by Gasteiger charge is 2.21. The topological polar surface area (TPSA) is 71.4 Å². The van der Waals surface area contributed by atoms with Gasteiger partial charge in [0.2, 0.25) is 0 Å². The van der Waals surface area contributed by atoms with Crippen LogP contribution in [0.15, 0.2) is 28.9 Å². The maximum Gasteiger partial charge on any atom is 0.402 e. The van der Waals surface area contributed by atoms with Crippen LogP contribution in [0.5, 0.6) is 11.6 Å². The number of benzene rings is 1. The van der Waals surface area contributed by atoms with Crippen LogP contribution >= 0.6 is 0 Å². The smallest absolute Gasteiger partial charge is 0.402 e. The number of hydrogen-bond acceptors (Lipinski definition) is 5. The fraction of sp³-hybridized carbons (Fsp3) is 0.273. The molecule has 0 atom stereocenters. The first-order chi connectivity index (χ1) is 8.26. The molecule has 2 rings (SSSR count). The monoisotopic (exact) mass is 236 g/mol. The summed E-state index contributed by atoms with van der Waals surface area (Å²) in [5.74, 6) is 0.897. The molecule has 90 valence electrons. The quantitative estimate of drug-likeness (QED) is 0.750. The molecule has 0 spiro atoms. The Morgan fingerprint density at radius 1 is 1.35 bits per heavy atom. The molecule has 0 aliphatic heterocycles. The molecule has 0 amide bonds. The summed E-state index contributed by atoms with van der Waals surface area (Å²) in [5, 5.41) is 14.9. The van der Waals surface area contributed by atoms with Crippen LogP contribution < -0.4 is 14.4 Å². The highest BCUT2D eigenvalue weighted by Crippen LogP contribution is 2.26. The SMILES string of the molecule is CCOc1ccc(-c2c(OC)no[n+]2[O-])cc1. The molecule has 0 saturated carbocycles. The van der Waals surface area contributed by atoms with Gasteiger partial charge in [-0.25, -0.2) is 0 Å². The zero-order valence-corrected chi connectivity index (χ0v) is 9.54. The van der Waals surface area contributed by atoms with Crippen molar-refractivity contribution in [3.05, 3.63) is 29.5 Å². The number of rotatable bonds is 4. The lowest BCUT2D eigenvalue weighted by molar-refractivity contribution is -0.793. The largest absolute Gasteiger partial charge is 0.494 e. The zero-order chi connectivity index (χ0) is 12.3. The number of ether oxygens (including phenoxy) is 2. The Morgan fingerprint density at radius 2 is 2.06 bits per heavy atom. The fourth-order valence-corrected chi connectivity index (χ4v) is 1.47. The van der Waals surface area contributed by atoms with Crippen LogP contribution in [0.3, 0.4) is 0 Å². The van der Waals surface area contributed by atoms with Gasteiger partial charge in [-0.1, -0.05) is 0 Å². The lowest BCUT2D eigenvalue weighted by Crippen LogP contribution is -2.25. The van der Waals surface area contributed by atoms with Crippen LogP contribution in [0.4, 0.5) is 0 Å². The van der Waals surface area contributed by atoms with Crippen LogP contribution in [-0.2, 0) is 0 Å². The summed E-state index contributed by atoms with van der Waals surface area (Å²) in [6, 6.07) is 7.03. The van der Waals surface area contributed by atoms with Gasteiger partial charge in [-0.3, -0.25) is 4.63 Å². The van der Waals surface area contributed by atoms with Gasteiger partial charge >= 0.3 is 5.88 Å². The molecular formula is C11H12N2O4. The summed E-state index contributed by atoms with van der Waals surface area (Å²) in [7, 11) is 1.43. The third-order valence-electron chi connectivity index (χ3n) is 2.22. The van der Waals surface area contributed by atoms with E-state index in [9.17, 15) is 5.21 Å². The molecule has 0 aliphatic carbocycles. The predicted octanol–water partition coefficient (Wildman–Crippen LogP) is 1.38. The van der Waals surface area contributed by atoms with E-state index in [1.165, 1.54) is 7.11 Å². The maximum atomic E-state index is 11.4. The molecule has 2 aromatic rings. The molecule has 0 N–H and O–H groups in total. The molecule has 0 bridgehead atoms. The van der Waals surface area contributed by atoms with Crippen LogP contribution in [0.1, 0.15) is 6.92 Å².